The first-order valence-corrected chi connectivity index (χ1v) is 8.35. The highest BCUT2D eigenvalue weighted by molar-refractivity contribution is 5.86. The lowest BCUT2D eigenvalue weighted by atomic mass is 10.0. The van der Waals surface area contributed by atoms with Crippen molar-refractivity contribution in [1.29, 1.82) is 0 Å². The number of benzene rings is 2. The average Bonchev–Trinajstić information content (AvgIpc) is 2.99. The van der Waals surface area contributed by atoms with Crippen molar-refractivity contribution in [3.63, 3.8) is 0 Å². The number of nitrogens with zero attached hydrogens (tertiary/aromatic N) is 3. The first-order valence-electron chi connectivity index (χ1n) is 8.35. The zero-order valence-corrected chi connectivity index (χ0v) is 16.1. The van der Waals surface area contributed by atoms with E-state index in [9.17, 15) is 0 Å². The molecule has 0 N–H and O–H groups in total. The summed E-state index contributed by atoms with van der Waals surface area (Å²) in [5, 5.41) is 1.20. The molecule has 0 spiro atoms. The van der Waals surface area contributed by atoms with Crippen LogP contribution in [0, 0.1) is 0 Å². The summed E-state index contributed by atoms with van der Waals surface area (Å²) in [6.07, 6.45) is 6.26. The summed E-state index contributed by atoms with van der Waals surface area (Å²) in [5.74, 6) is 1.33. The molecule has 5 rings (SSSR count). The van der Waals surface area contributed by atoms with Crippen LogP contribution >= 0.6 is 0 Å². The van der Waals surface area contributed by atoms with Crippen molar-refractivity contribution in [1.82, 2.24) is 9.55 Å². The predicted molar refractivity (Wildman–Crippen MR) is 95.1 cm³/mol. The number of aromatic nitrogens is 3. The Bertz CT molecular complexity index is 1070. The van der Waals surface area contributed by atoms with E-state index in [2.05, 4.69) is 75.9 Å². The summed E-state index contributed by atoms with van der Waals surface area (Å²) in [6, 6.07) is 19.2. The van der Waals surface area contributed by atoms with E-state index in [1.807, 2.05) is 12.3 Å². The molecule has 0 amide bonds. The summed E-state index contributed by atoms with van der Waals surface area (Å²) in [7, 11) is 2.16. The highest BCUT2D eigenvalue weighted by Crippen LogP contribution is 2.28. The van der Waals surface area contributed by atoms with Crippen LogP contribution in [0.15, 0.2) is 67.0 Å². The second kappa shape index (κ2) is 6.26. The van der Waals surface area contributed by atoms with Gasteiger partial charge in [-0.25, -0.2) is 4.57 Å². The summed E-state index contributed by atoms with van der Waals surface area (Å²) in [5.41, 5.74) is 6.20. The van der Waals surface area contributed by atoms with Gasteiger partial charge in [-0.2, -0.15) is 4.57 Å². The molecule has 0 radical (unpaired) electrons. The number of hydrogen-bond acceptors (Lipinski definition) is 1. The molecule has 25 heavy (non-hydrogen) atoms. The lowest BCUT2D eigenvalue weighted by Crippen LogP contribution is -3.00. The predicted octanol–water partition coefficient (Wildman–Crippen LogP) is 0.620. The van der Waals surface area contributed by atoms with Gasteiger partial charge in [0.1, 0.15) is 11.7 Å². The van der Waals surface area contributed by atoms with Crippen molar-refractivity contribution in [2.24, 2.45) is 7.05 Å². The number of fused-ring (bicyclic) bond motifs is 5. The van der Waals surface area contributed by atoms with E-state index in [-0.39, 0.29) is 24.0 Å². The topological polar surface area (TPSA) is 21.7 Å². The van der Waals surface area contributed by atoms with Crippen LogP contribution < -0.4 is 28.5 Å². The van der Waals surface area contributed by atoms with Crippen molar-refractivity contribution in [3.05, 3.63) is 78.4 Å². The van der Waals surface area contributed by atoms with E-state index in [4.69, 9.17) is 0 Å². The van der Waals surface area contributed by atoms with Crippen LogP contribution in [0.1, 0.15) is 11.4 Å². The first-order chi connectivity index (χ1) is 11.8. The lowest BCUT2D eigenvalue weighted by molar-refractivity contribution is -0.605. The molecule has 4 aromatic rings. The molecule has 1 aliphatic heterocycles. The van der Waals surface area contributed by atoms with Gasteiger partial charge in [0, 0.05) is 22.7 Å². The fourth-order valence-corrected chi connectivity index (χ4v) is 3.83. The molecule has 4 heteroatoms. The molecule has 124 valence electrons. The number of halogens is 1. The molecule has 2 aromatic heterocycles. The second-order valence-electron chi connectivity index (χ2n) is 6.37. The molecule has 0 fully saturated rings. The number of aryl methyl sites for hydroxylation is 1. The molecule has 2 aromatic carbocycles. The van der Waals surface area contributed by atoms with Gasteiger partial charge in [-0.3, -0.25) is 4.98 Å². The maximum atomic E-state index is 4.67. The van der Waals surface area contributed by atoms with Gasteiger partial charge >= 0.3 is 0 Å². The third-order valence-corrected chi connectivity index (χ3v) is 5.04. The quantitative estimate of drug-likeness (QED) is 0.315. The summed E-state index contributed by atoms with van der Waals surface area (Å²) < 4.78 is 4.66. The fourth-order valence-electron chi connectivity index (χ4n) is 3.83. The highest BCUT2D eigenvalue weighted by Gasteiger charge is 2.30. The van der Waals surface area contributed by atoms with Crippen LogP contribution in [0.3, 0.4) is 0 Å². The minimum absolute atomic E-state index is 0. The minimum Gasteiger partial charge on any atom is -1.00 e. The van der Waals surface area contributed by atoms with Gasteiger partial charge in [0.05, 0.1) is 13.5 Å². The summed E-state index contributed by atoms with van der Waals surface area (Å²) in [4.78, 5) is 4.67. The van der Waals surface area contributed by atoms with E-state index < -0.39 is 0 Å². The second-order valence-corrected chi connectivity index (χ2v) is 6.37. The van der Waals surface area contributed by atoms with Gasteiger partial charge < -0.3 is 24.0 Å². The standard InChI is InChI=1S/C21H18N3.HI/c1-23-18(15-6-3-2-4-7-15)14-24-19(23)12-11-17-10-9-16-8-5-13-22-20(16)21(17)24;/h2-10,13-14H,11-12H2,1H3;1H/q+1;/p-1. The number of hydrogen-bond donors (Lipinski definition) is 0. The molecule has 3 nitrogen and oxygen atoms in total. The van der Waals surface area contributed by atoms with Crippen LogP contribution in [0.4, 0.5) is 0 Å². The lowest BCUT2D eigenvalue weighted by Gasteiger charge is -2.15. The summed E-state index contributed by atoms with van der Waals surface area (Å²) in [6.45, 7) is 0. The van der Waals surface area contributed by atoms with Crippen LogP contribution in [0.25, 0.3) is 27.8 Å². The highest BCUT2D eigenvalue weighted by atomic mass is 127. The van der Waals surface area contributed by atoms with Gasteiger partial charge in [-0.05, 0) is 12.5 Å². The number of pyridine rings is 1. The monoisotopic (exact) mass is 439 g/mol. The Labute approximate surface area is 164 Å². The molecule has 0 atom stereocenters. The fraction of sp³-hybridized carbons (Fsp3) is 0.143. The molecule has 0 bridgehead atoms. The number of rotatable bonds is 1. The minimum atomic E-state index is 0. The van der Waals surface area contributed by atoms with Gasteiger partial charge in [0.15, 0.2) is 11.4 Å². The van der Waals surface area contributed by atoms with Crippen molar-refractivity contribution < 1.29 is 28.5 Å². The Morgan fingerprint density at radius 1 is 0.960 bits per heavy atom. The van der Waals surface area contributed by atoms with Crippen LogP contribution in [-0.2, 0) is 19.9 Å². The zero-order valence-electron chi connectivity index (χ0n) is 14.0. The smallest absolute Gasteiger partial charge is 0.262 e. The van der Waals surface area contributed by atoms with Crippen LogP contribution in [0.2, 0.25) is 0 Å². The Kier molecular flexibility index (Phi) is 4.07. The normalized spacial score (nSPS) is 12.4. The molecule has 1 aliphatic rings. The maximum Gasteiger partial charge on any atom is 0.262 e. The van der Waals surface area contributed by atoms with Crippen molar-refractivity contribution in [2.45, 2.75) is 12.8 Å². The van der Waals surface area contributed by atoms with E-state index in [0.717, 1.165) is 18.4 Å². The Hall–Kier alpha value is -2.21. The molecule has 3 heterocycles. The Morgan fingerprint density at radius 3 is 2.64 bits per heavy atom. The molecule has 0 aliphatic carbocycles. The van der Waals surface area contributed by atoms with Gasteiger partial charge in [-0.15, -0.1) is 0 Å². The third kappa shape index (κ3) is 2.47. The van der Waals surface area contributed by atoms with E-state index >= 15 is 0 Å². The molecular weight excluding hydrogens is 421 g/mol. The molecule has 0 saturated heterocycles. The van der Waals surface area contributed by atoms with E-state index in [0.29, 0.717) is 0 Å². The van der Waals surface area contributed by atoms with Crippen molar-refractivity contribution >= 4 is 10.9 Å². The maximum absolute atomic E-state index is 4.67. The number of imidazole rings is 1. The van der Waals surface area contributed by atoms with Crippen molar-refractivity contribution in [2.75, 3.05) is 0 Å². The van der Waals surface area contributed by atoms with Gasteiger partial charge in [-0.1, -0.05) is 48.5 Å². The van der Waals surface area contributed by atoms with Gasteiger partial charge in [0.25, 0.3) is 5.82 Å². The van der Waals surface area contributed by atoms with Crippen LogP contribution in [-0.4, -0.2) is 9.55 Å². The molecular formula is C21H18IN3. The SMILES string of the molecule is Cn1c(-c2ccccc2)c[n+]2c1CCc1ccc3cccnc3c1-2.[I-]. The van der Waals surface area contributed by atoms with E-state index in [1.54, 1.807) is 0 Å². The average molecular weight is 439 g/mol. The Balaban J connectivity index is 0.00000157. The van der Waals surface area contributed by atoms with E-state index in [1.165, 1.54) is 33.7 Å². The molecule has 0 saturated carbocycles. The zero-order chi connectivity index (χ0) is 16.1. The summed E-state index contributed by atoms with van der Waals surface area (Å²) >= 11 is 0. The van der Waals surface area contributed by atoms with Crippen molar-refractivity contribution in [3.8, 4) is 16.9 Å². The Morgan fingerprint density at radius 2 is 1.80 bits per heavy atom. The third-order valence-electron chi connectivity index (χ3n) is 5.04. The van der Waals surface area contributed by atoms with Gasteiger partial charge in [0.2, 0.25) is 0 Å². The van der Waals surface area contributed by atoms with Crippen LogP contribution in [0.5, 0.6) is 0 Å². The largest absolute Gasteiger partial charge is 1.00 e. The molecule has 0 unspecified atom stereocenters. The first kappa shape index (κ1) is 16.3.